The van der Waals surface area contributed by atoms with Gasteiger partial charge >= 0.3 is 0 Å². The van der Waals surface area contributed by atoms with E-state index in [0.717, 1.165) is 74.6 Å². The van der Waals surface area contributed by atoms with Crippen molar-refractivity contribution in [2.75, 3.05) is 44.7 Å². The minimum atomic E-state index is -0.0311. The van der Waals surface area contributed by atoms with Crippen molar-refractivity contribution in [3.8, 4) is 17.1 Å². The van der Waals surface area contributed by atoms with E-state index >= 15 is 0 Å². The maximum absolute atomic E-state index is 12.4. The first-order valence-corrected chi connectivity index (χ1v) is 12.9. The van der Waals surface area contributed by atoms with Gasteiger partial charge in [-0.15, -0.1) is 0 Å². The molecule has 0 bridgehead atoms. The van der Waals surface area contributed by atoms with Gasteiger partial charge in [-0.05, 0) is 36.4 Å². The highest BCUT2D eigenvalue weighted by Gasteiger charge is 2.24. The van der Waals surface area contributed by atoms with Crippen LogP contribution >= 0.6 is 11.3 Å². The van der Waals surface area contributed by atoms with Gasteiger partial charge in [0, 0.05) is 48.7 Å². The number of fused-ring (bicyclic) bond motifs is 1. The molecule has 4 aromatic rings. The van der Waals surface area contributed by atoms with Gasteiger partial charge < -0.3 is 15.4 Å². The molecule has 0 atom stereocenters. The van der Waals surface area contributed by atoms with Gasteiger partial charge in [0.2, 0.25) is 0 Å². The van der Waals surface area contributed by atoms with Crippen molar-refractivity contribution in [3.63, 3.8) is 0 Å². The van der Waals surface area contributed by atoms with Crippen LogP contribution in [0.1, 0.15) is 23.2 Å². The van der Waals surface area contributed by atoms with E-state index in [1.807, 2.05) is 40.3 Å². The van der Waals surface area contributed by atoms with Crippen LogP contribution in [0, 0.1) is 0 Å². The van der Waals surface area contributed by atoms with Crippen LogP contribution in [0.5, 0.6) is 0 Å². The predicted molar refractivity (Wildman–Crippen MR) is 136 cm³/mol. The number of anilines is 1. The number of aromatic nitrogens is 4. The molecule has 1 aromatic carbocycles. The number of morpholine rings is 1. The molecule has 3 aromatic heterocycles. The second-order valence-corrected chi connectivity index (χ2v) is 9.65. The van der Waals surface area contributed by atoms with Gasteiger partial charge in [0.1, 0.15) is 6.33 Å². The normalized spacial score (nSPS) is 16.5. The minimum absolute atomic E-state index is 0.0311. The molecular formula is C25H27N7O2S. The van der Waals surface area contributed by atoms with Crippen LogP contribution in [0.3, 0.4) is 0 Å². The lowest BCUT2D eigenvalue weighted by molar-refractivity contribution is 0.0398. The standard InChI is InChI=1S/C25H27N7O2S/c33-25(28-19-5-6-19)18-3-1-17(2-4-18)22-29-23(26-8-9-31-10-12-34-13-11-31)21-24(30-22)32(16-27-21)20-7-14-35-15-20/h1-4,7,14-16,19H,5-6,8-13H2,(H,28,33)(H,26,29,30). The quantitative estimate of drug-likeness (QED) is 0.392. The number of nitrogens with zero attached hydrogens (tertiary/aromatic N) is 5. The van der Waals surface area contributed by atoms with E-state index in [9.17, 15) is 4.79 Å². The number of carbonyl (C=O) groups is 1. The van der Waals surface area contributed by atoms with Gasteiger partial charge in [-0.3, -0.25) is 14.3 Å². The van der Waals surface area contributed by atoms with Gasteiger partial charge in [-0.25, -0.2) is 15.0 Å². The number of thiophene rings is 1. The van der Waals surface area contributed by atoms with Crippen LogP contribution in [-0.4, -0.2) is 75.8 Å². The molecule has 1 aliphatic carbocycles. The molecule has 2 fully saturated rings. The zero-order chi connectivity index (χ0) is 23.6. The zero-order valence-electron chi connectivity index (χ0n) is 19.3. The Labute approximate surface area is 207 Å². The van der Waals surface area contributed by atoms with E-state index < -0.39 is 0 Å². The van der Waals surface area contributed by atoms with Gasteiger partial charge in [-0.2, -0.15) is 11.3 Å². The van der Waals surface area contributed by atoms with Crippen molar-refractivity contribution in [2.45, 2.75) is 18.9 Å². The highest BCUT2D eigenvalue weighted by molar-refractivity contribution is 7.08. The summed E-state index contributed by atoms with van der Waals surface area (Å²) in [6, 6.07) is 9.87. The van der Waals surface area contributed by atoms with Gasteiger partial charge in [0.15, 0.2) is 22.8 Å². The zero-order valence-corrected chi connectivity index (χ0v) is 20.1. The largest absolute Gasteiger partial charge is 0.379 e. The summed E-state index contributed by atoms with van der Waals surface area (Å²) in [4.78, 5) is 29.1. The van der Waals surface area contributed by atoms with Crippen LogP contribution in [0.25, 0.3) is 28.2 Å². The smallest absolute Gasteiger partial charge is 0.251 e. The molecule has 10 heteroatoms. The number of hydrogen-bond acceptors (Lipinski definition) is 8. The fourth-order valence-electron chi connectivity index (χ4n) is 4.16. The van der Waals surface area contributed by atoms with Crippen LogP contribution in [0.2, 0.25) is 0 Å². The Hall–Kier alpha value is -3.34. The van der Waals surface area contributed by atoms with Crippen molar-refractivity contribution in [2.24, 2.45) is 0 Å². The summed E-state index contributed by atoms with van der Waals surface area (Å²) in [6.07, 6.45) is 3.93. The Bertz CT molecular complexity index is 1310. The molecular weight excluding hydrogens is 462 g/mol. The summed E-state index contributed by atoms with van der Waals surface area (Å²) in [7, 11) is 0. The monoisotopic (exact) mass is 489 g/mol. The Morgan fingerprint density at radius 2 is 1.94 bits per heavy atom. The van der Waals surface area contributed by atoms with Crippen LogP contribution in [0.4, 0.5) is 5.82 Å². The van der Waals surface area contributed by atoms with E-state index in [4.69, 9.17) is 14.7 Å². The summed E-state index contributed by atoms with van der Waals surface area (Å²) in [6.45, 7) is 5.10. The second kappa shape index (κ2) is 9.73. The first kappa shape index (κ1) is 22.1. The Balaban J connectivity index is 1.30. The fraction of sp³-hybridized carbons (Fsp3) is 0.360. The molecule has 1 amide bonds. The van der Waals surface area contributed by atoms with E-state index in [0.29, 0.717) is 23.2 Å². The molecule has 35 heavy (non-hydrogen) atoms. The van der Waals surface area contributed by atoms with E-state index in [1.54, 1.807) is 17.7 Å². The lowest BCUT2D eigenvalue weighted by Crippen LogP contribution is -2.39. The van der Waals surface area contributed by atoms with Gasteiger partial charge in [0.25, 0.3) is 5.91 Å². The number of hydrogen-bond donors (Lipinski definition) is 2. The molecule has 0 spiro atoms. The van der Waals surface area contributed by atoms with Crippen LogP contribution in [0.15, 0.2) is 47.4 Å². The molecule has 180 valence electrons. The first-order chi connectivity index (χ1) is 17.2. The number of carbonyl (C=O) groups excluding carboxylic acids is 1. The third-order valence-corrected chi connectivity index (χ3v) is 6.99. The number of nitrogens with one attached hydrogen (secondary N) is 2. The summed E-state index contributed by atoms with van der Waals surface area (Å²) >= 11 is 1.63. The summed E-state index contributed by atoms with van der Waals surface area (Å²) in [5.74, 6) is 1.27. The lowest BCUT2D eigenvalue weighted by Gasteiger charge is -2.26. The average Bonchev–Trinajstić information content (AvgIpc) is 3.36. The molecule has 6 rings (SSSR count). The van der Waals surface area contributed by atoms with Crippen LogP contribution < -0.4 is 10.6 Å². The number of amides is 1. The lowest BCUT2D eigenvalue weighted by atomic mass is 10.1. The molecule has 2 aliphatic rings. The molecule has 0 unspecified atom stereocenters. The van der Waals surface area contributed by atoms with Crippen molar-refractivity contribution < 1.29 is 9.53 Å². The van der Waals surface area contributed by atoms with E-state index in [2.05, 4.69) is 25.9 Å². The van der Waals surface area contributed by atoms with Crippen molar-refractivity contribution in [1.29, 1.82) is 0 Å². The SMILES string of the molecule is O=C(NC1CC1)c1ccc(-c2nc(NCCN3CCOCC3)c3ncn(-c4ccsc4)c3n2)cc1. The van der Waals surface area contributed by atoms with Crippen molar-refractivity contribution in [1.82, 2.24) is 29.7 Å². The maximum Gasteiger partial charge on any atom is 0.251 e. The summed E-state index contributed by atoms with van der Waals surface area (Å²) in [5, 5.41) is 10.6. The molecule has 1 saturated heterocycles. The molecule has 0 radical (unpaired) electrons. The van der Waals surface area contributed by atoms with Crippen molar-refractivity contribution in [3.05, 3.63) is 53.0 Å². The van der Waals surface area contributed by atoms with E-state index in [1.165, 1.54) is 0 Å². The first-order valence-electron chi connectivity index (χ1n) is 12.0. The topological polar surface area (TPSA) is 97.2 Å². The predicted octanol–water partition coefficient (Wildman–Crippen LogP) is 3.18. The number of rotatable bonds is 8. The Morgan fingerprint density at radius 3 is 2.69 bits per heavy atom. The highest BCUT2D eigenvalue weighted by Crippen LogP contribution is 2.27. The fourth-order valence-corrected chi connectivity index (χ4v) is 4.79. The third-order valence-electron chi connectivity index (χ3n) is 6.32. The van der Waals surface area contributed by atoms with E-state index in [-0.39, 0.29) is 5.91 Å². The van der Waals surface area contributed by atoms with Gasteiger partial charge in [-0.1, -0.05) is 12.1 Å². The molecule has 9 nitrogen and oxygen atoms in total. The number of benzene rings is 1. The maximum atomic E-state index is 12.4. The number of ether oxygens (including phenoxy) is 1. The molecule has 2 N–H and O–H groups in total. The molecule has 4 heterocycles. The Kier molecular flexibility index (Phi) is 6.15. The highest BCUT2D eigenvalue weighted by atomic mass is 32.1. The molecule has 1 saturated carbocycles. The average molecular weight is 490 g/mol. The van der Waals surface area contributed by atoms with Crippen molar-refractivity contribution >= 4 is 34.2 Å². The third kappa shape index (κ3) is 4.90. The minimum Gasteiger partial charge on any atom is -0.379 e. The van der Waals surface area contributed by atoms with Crippen LogP contribution in [-0.2, 0) is 4.74 Å². The van der Waals surface area contributed by atoms with Gasteiger partial charge in [0.05, 0.1) is 18.9 Å². The second-order valence-electron chi connectivity index (χ2n) is 8.87. The Morgan fingerprint density at radius 1 is 1.11 bits per heavy atom. The number of imidazole rings is 1. The summed E-state index contributed by atoms with van der Waals surface area (Å²) in [5.41, 5.74) is 4.01. The molecule has 1 aliphatic heterocycles. The summed E-state index contributed by atoms with van der Waals surface area (Å²) < 4.78 is 7.44.